The molecule has 0 aliphatic heterocycles. The maximum Gasteiger partial charge on any atom is 0.0758 e. The van der Waals surface area contributed by atoms with E-state index in [9.17, 15) is 0 Å². The van der Waals surface area contributed by atoms with E-state index in [2.05, 4.69) is 10.2 Å². The minimum Gasteiger partial charge on any atom is -0.326 e. The lowest BCUT2D eigenvalue weighted by atomic mass is 10.2. The van der Waals surface area contributed by atoms with E-state index in [0.29, 0.717) is 6.54 Å². The van der Waals surface area contributed by atoms with E-state index in [1.807, 2.05) is 6.92 Å². The van der Waals surface area contributed by atoms with E-state index < -0.39 is 0 Å². The molecule has 0 fully saturated rings. The standard InChI is InChI=1S/C6H12N4.ClH/c1-2-6(7)5-10-8-3-4-9-10;/h3-4,6H,2,5,7H2,1H3;1H. The highest BCUT2D eigenvalue weighted by molar-refractivity contribution is 5.85. The molecule has 0 spiro atoms. The number of halogens is 1. The SMILES string of the molecule is CCC(N)Cn1nccn1.Cl. The van der Waals surface area contributed by atoms with Gasteiger partial charge in [-0.15, -0.1) is 12.4 Å². The molecule has 64 valence electrons. The van der Waals surface area contributed by atoms with Gasteiger partial charge >= 0.3 is 0 Å². The van der Waals surface area contributed by atoms with Gasteiger partial charge in [-0.25, -0.2) is 0 Å². The van der Waals surface area contributed by atoms with Gasteiger partial charge in [-0.1, -0.05) is 6.92 Å². The predicted octanol–water partition coefficient (Wildman–Crippen LogP) is 0.437. The molecule has 5 heteroatoms. The lowest BCUT2D eigenvalue weighted by molar-refractivity contribution is 0.455. The van der Waals surface area contributed by atoms with Gasteiger partial charge in [0, 0.05) is 6.04 Å². The molecule has 11 heavy (non-hydrogen) atoms. The highest BCUT2D eigenvalue weighted by Crippen LogP contribution is 1.88. The first-order valence-corrected chi connectivity index (χ1v) is 3.42. The molecule has 1 aromatic heterocycles. The summed E-state index contributed by atoms with van der Waals surface area (Å²) in [5.41, 5.74) is 5.66. The molecular weight excluding hydrogens is 164 g/mol. The molecule has 0 bridgehead atoms. The monoisotopic (exact) mass is 176 g/mol. The van der Waals surface area contributed by atoms with Crippen LogP contribution >= 0.6 is 12.4 Å². The second-order valence-electron chi connectivity index (χ2n) is 2.25. The average Bonchev–Trinajstić information content (AvgIpc) is 2.40. The Hall–Kier alpha value is -0.610. The van der Waals surface area contributed by atoms with Gasteiger partial charge in [0.25, 0.3) is 0 Å². The number of aromatic nitrogens is 3. The first-order valence-electron chi connectivity index (χ1n) is 3.42. The van der Waals surface area contributed by atoms with Gasteiger partial charge in [0.15, 0.2) is 0 Å². The third-order valence-electron chi connectivity index (χ3n) is 1.39. The third-order valence-corrected chi connectivity index (χ3v) is 1.39. The number of hydrogen-bond donors (Lipinski definition) is 1. The summed E-state index contributed by atoms with van der Waals surface area (Å²) in [4.78, 5) is 1.61. The van der Waals surface area contributed by atoms with E-state index in [1.54, 1.807) is 17.2 Å². The van der Waals surface area contributed by atoms with Crippen LogP contribution in [0.2, 0.25) is 0 Å². The fraction of sp³-hybridized carbons (Fsp3) is 0.667. The maximum atomic E-state index is 5.66. The van der Waals surface area contributed by atoms with Gasteiger partial charge in [0.2, 0.25) is 0 Å². The largest absolute Gasteiger partial charge is 0.326 e. The Morgan fingerprint density at radius 3 is 2.45 bits per heavy atom. The van der Waals surface area contributed by atoms with Crippen LogP contribution in [-0.4, -0.2) is 21.0 Å². The minimum absolute atomic E-state index is 0. The van der Waals surface area contributed by atoms with Crippen LogP contribution in [0.15, 0.2) is 12.4 Å². The second-order valence-corrected chi connectivity index (χ2v) is 2.25. The van der Waals surface area contributed by atoms with Gasteiger partial charge in [-0.05, 0) is 6.42 Å². The molecule has 4 nitrogen and oxygen atoms in total. The summed E-state index contributed by atoms with van der Waals surface area (Å²) in [5, 5.41) is 7.86. The van der Waals surface area contributed by atoms with E-state index in [4.69, 9.17) is 5.73 Å². The van der Waals surface area contributed by atoms with Crippen molar-refractivity contribution in [2.75, 3.05) is 0 Å². The van der Waals surface area contributed by atoms with Crippen LogP contribution in [0, 0.1) is 0 Å². The Labute approximate surface area is 72.2 Å². The van der Waals surface area contributed by atoms with Crippen molar-refractivity contribution >= 4 is 12.4 Å². The van der Waals surface area contributed by atoms with Crippen molar-refractivity contribution < 1.29 is 0 Å². The molecule has 0 radical (unpaired) electrons. The quantitative estimate of drug-likeness (QED) is 0.727. The van der Waals surface area contributed by atoms with Gasteiger partial charge in [0.05, 0.1) is 18.9 Å². The van der Waals surface area contributed by atoms with Crippen molar-refractivity contribution in [3.63, 3.8) is 0 Å². The van der Waals surface area contributed by atoms with Crippen LogP contribution in [0.4, 0.5) is 0 Å². The van der Waals surface area contributed by atoms with Crippen LogP contribution < -0.4 is 5.73 Å². The topological polar surface area (TPSA) is 56.7 Å². The molecule has 0 aliphatic rings. The average molecular weight is 177 g/mol. The van der Waals surface area contributed by atoms with Gasteiger partial charge in [0.1, 0.15) is 0 Å². The summed E-state index contributed by atoms with van der Waals surface area (Å²) in [7, 11) is 0. The molecular formula is C6H13ClN4. The fourth-order valence-electron chi connectivity index (χ4n) is 0.676. The summed E-state index contributed by atoms with van der Waals surface area (Å²) in [5.74, 6) is 0. The highest BCUT2D eigenvalue weighted by Gasteiger charge is 1.99. The van der Waals surface area contributed by atoms with Crippen molar-refractivity contribution in [3.8, 4) is 0 Å². The number of rotatable bonds is 3. The van der Waals surface area contributed by atoms with Gasteiger partial charge < -0.3 is 5.73 Å². The number of nitrogens with two attached hydrogens (primary N) is 1. The van der Waals surface area contributed by atoms with Crippen molar-refractivity contribution in [1.82, 2.24) is 15.0 Å². The van der Waals surface area contributed by atoms with Gasteiger partial charge in [-0.2, -0.15) is 15.0 Å². The summed E-state index contributed by atoms with van der Waals surface area (Å²) < 4.78 is 0. The van der Waals surface area contributed by atoms with Crippen LogP contribution in [-0.2, 0) is 6.54 Å². The van der Waals surface area contributed by atoms with Gasteiger partial charge in [-0.3, -0.25) is 0 Å². The summed E-state index contributed by atoms with van der Waals surface area (Å²) in [6.07, 6.45) is 4.27. The first-order chi connectivity index (χ1) is 4.83. The Morgan fingerprint density at radius 2 is 2.00 bits per heavy atom. The van der Waals surface area contributed by atoms with Crippen LogP contribution in [0.1, 0.15) is 13.3 Å². The maximum absolute atomic E-state index is 5.66. The molecule has 1 atom stereocenters. The van der Waals surface area contributed by atoms with E-state index in [-0.39, 0.29) is 18.4 Å². The van der Waals surface area contributed by atoms with Crippen molar-refractivity contribution in [1.29, 1.82) is 0 Å². The Morgan fingerprint density at radius 1 is 1.45 bits per heavy atom. The molecule has 1 heterocycles. The van der Waals surface area contributed by atoms with Crippen LogP contribution in [0.3, 0.4) is 0 Å². The normalized spacial score (nSPS) is 12.2. The van der Waals surface area contributed by atoms with Crippen LogP contribution in [0.25, 0.3) is 0 Å². The summed E-state index contributed by atoms with van der Waals surface area (Å²) >= 11 is 0. The Kier molecular flexibility index (Phi) is 4.81. The molecule has 1 rings (SSSR count). The zero-order valence-electron chi connectivity index (χ0n) is 6.47. The van der Waals surface area contributed by atoms with E-state index in [1.165, 1.54) is 0 Å². The Balaban J connectivity index is 0.000001000. The lowest BCUT2D eigenvalue weighted by Crippen LogP contribution is -2.26. The molecule has 2 N–H and O–H groups in total. The van der Waals surface area contributed by atoms with Crippen molar-refractivity contribution in [2.45, 2.75) is 25.9 Å². The summed E-state index contributed by atoms with van der Waals surface area (Å²) in [6, 6.07) is 0.174. The Bertz CT molecular complexity index is 175. The van der Waals surface area contributed by atoms with E-state index >= 15 is 0 Å². The predicted molar refractivity (Wildman–Crippen MR) is 45.5 cm³/mol. The minimum atomic E-state index is 0. The van der Waals surface area contributed by atoms with Crippen molar-refractivity contribution in [3.05, 3.63) is 12.4 Å². The zero-order chi connectivity index (χ0) is 7.40. The zero-order valence-corrected chi connectivity index (χ0v) is 7.29. The molecule has 1 aromatic rings. The fourth-order valence-corrected chi connectivity index (χ4v) is 0.676. The smallest absolute Gasteiger partial charge is 0.0758 e. The first kappa shape index (κ1) is 10.4. The molecule has 0 saturated heterocycles. The molecule has 1 unspecified atom stereocenters. The molecule has 0 saturated carbocycles. The second kappa shape index (κ2) is 5.09. The summed E-state index contributed by atoms with van der Waals surface area (Å²) in [6.45, 7) is 2.76. The third kappa shape index (κ3) is 3.34. The van der Waals surface area contributed by atoms with Crippen molar-refractivity contribution in [2.24, 2.45) is 5.73 Å². The highest BCUT2D eigenvalue weighted by atomic mass is 35.5. The molecule has 0 aromatic carbocycles. The van der Waals surface area contributed by atoms with E-state index in [0.717, 1.165) is 6.42 Å². The molecule has 0 aliphatic carbocycles. The number of nitrogens with zero attached hydrogens (tertiary/aromatic N) is 3. The molecule has 0 amide bonds. The van der Waals surface area contributed by atoms with Crippen LogP contribution in [0.5, 0.6) is 0 Å². The number of hydrogen-bond acceptors (Lipinski definition) is 3. The lowest BCUT2D eigenvalue weighted by Gasteiger charge is -2.05.